The van der Waals surface area contributed by atoms with Crippen LogP contribution < -0.4 is 20.1 Å². The van der Waals surface area contributed by atoms with Gasteiger partial charge in [-0.15, -0.1) is 0 Å². The van der Waals surface area contributed by atoms with Crippen molar-refractivity contribution < 1.29 is 19.3 Å². The first kappa shape index (κ1) is 25.5. The van der Waals surface area contributed by atoms with E-state index in [-0.39, 0.29) is 23.5 Å². The third-order valence-electron chi connectivity index (χ3n) is 6.77. The van der Waals surface area contributed by atoms with Crippen LogP contribution in [0.5, 0.6) is 11.5 Å². The molecule has 0 amide bonds. The van der Waals surface area contributed by atoms with Crippen LogP contribution in [0.4, 0.5) is 0 Å². The first-order chi connectivity index (χ1) is 15.9. The van der Waals surface area contributed by atoms with E-state index < -0.39 is 0 Å². The van der Waals surface area contributed by atoms with Gasteiger partial charge >= 0.3 is 0 Å². The zero-order valence-corrected chi connectivity index (χ0v) is 20.5. The van der Waals surface area contributed by atoms with Crippen molar-refractivity contribution in [2.24, 2.45) is 11.3 Å². The van der Waals surface area contributed by atoms with Crippen LogP contribution in [0, 0.1) is 11.3 Å². The molecule has 1 aliphatic rings. The van der Waals surface area contributed by atoms with Crippen LogP contribution in [0.2, 0.25) is 0 Å². The number of methoxy groups -OCH3 is 2. The fourth-order valence-electron chi connectivity index (χ4n) is 5.17. The number of rotatable bonds is 12. The van der Waals surface area contributed by atoms with E-state index in [0.717, 1.165) is 49.5 Å². The topological polar surface area (TPSA) is 72.0 Å². The van der Waals surface area contributed by atoms with Crippen LogP contribution in [0.25, 0.3) is 0 Å². The summed E-state index contributed by atoms with van der Waals surface area (Å²) in [4.78, 5) is 0. The van der Waals surface area contributed by atoms with Gasteiger partial charge in [0.1, 0.15) is 0 Å². The number of nitrogens with one attached hydrogen (secondary N) is 2. The monoisotopic (exact) mass is 456 g/mol. The molecule has 0 aliphatic carbocycles. The highest BCUT2D eigenvalue weighted by molar-refractivity contribution is 5.42. The van der Waals surface area contributed by atoms with Gasteiger partial charge in [-0.1, -0.05) is 36.4 Å². The summed E-state index contributed by atoms with van der Waals surface area (Å²) in [5.74, 6) is 1.60. The maximum absolute atomic E-state index is 10.4. The summed E-state index contributed by atoms with van der Waals surface area (Å²) in [5.41, 5.74) is 2.25. The maximum atomic E-state index is 10.4. The van der Waals surface area contributed by atoms with Crippen molar-refractivity contribution in [2.75, 3.05) is 40.6 Å². The molecule has 0 bridgehead atoms. The van der Waals surface area contributed by atoms with Crippen molar-refractivity contribution in [3.8, 4) is 11.5 Å². The van der Waals surface area contributed by atoms with Crippen LogP contribution in [0.1, 0.15) is 37.8 Å². The Morgan fingerprint density at radius 2 is 1.76 bits per heavy atom. The molecule has 0 saturated carbocycles. The van der Waals surface area contributed by atoms with Crippen LogP contribution in [0.3, 0.4) is 0 Å². The predicted octanol–water partition coefficient (Wildman–Crippen LogP) is 3.77. The molecule has 0 radical (unpaired) electrons. The van der Waals surface area contributed by atoms with E-state index in [1.807, 2.05) is 18.2 Å². The molecular formula is C27H40N2O4. The Morgan fingerprint density at radius 3 is 2.42 bits per heavy atom. The number of hydrogen-bond donors (Lipinski definition) is 3. The maximum Gasteiger partial charge on any atom is 0.161 e. The van der Waals surface area contributed by atoms with Crippen molar-refractivity contribution in [2.45, 2.75) is 45.3 Å². The molecule has 0 aromatic heterocycles. The van der Waals surface area contributed by atoms with Crippen molar-refractivity contribution in [3.63, 3.8) is 0 Å². The fraction of sp³-hybridized carbons (Fsp3) is 0.556. The van der Waals surface area contributed by atoms with E-state index in [1.165, 1.54) is 5.56 Å². The summed E-state index contributed by atoms with van der Waals surface area (Å²) in [7, 11) is 3.29. The minimum atomic E-state index is -0.188. The lowest BCUT2D eigenvalue weighted by atomic mass is 9.63. The second-order valence-electron chi connectivity index (χ2n) is 9.69. The normalized spacial score (nSPS) is 20.9. The molecule has 1 saturated heterocycles. The smallest absolute Gasteiger partial charge is 0.161 e. The predicted molar refractivity (Wildman–Crippen MR) is 132 cm³/mol. The Labute approximate surface area is 198 Å². The molecule has 1 heterocycles. The van der Waals surface area contributed by atoms with Gasteiger partial charge in [0.2, 0.25) is 0 Å². The molecule has 1 fully saturated rings. The molecule has 182 valence electrons. The van der Waals surface area contributed by atoms with Crippen LogP contribution >= 0.6 is 0 Å². The quantitative estimate of drug-likeness (QED) is 0.334. The van der Waals surface area contributed by atoms with E-state index in [0.29, 0.717) is 13.2 Å². The molecule has 0 unspecified atom stereocenters. The van der Waals surface area contributed by atoms with Gasteiger partial charge in [0.15, 0.2) is 11.5 Å². The lowest BCUT2D eigenvalue weighted by Crippen LogP contribution is -2.50. The minimum Gasteiger partial charge on any atom is -0.493 e. The Hall–Kier alpha value is -2.12. The average Bonchev–Trinajstić information content (AvgIpc) is 2.81. The van der Waals surface area contributed by atoms with Gasteiger partial charge in [0.25, 0.3) is 0 Å². The van der Waals surface area contributed by atoms with Crippen LogP contribution in [-0.2, 0) is 17.7 Å². The zero-order valence-electron chi connectivity index (χ0n) is 20.5. The third kappa shape index (κ3) is 6.93. The summed E-state index contributed by atoms with van der Waals surface area (Å²) in [6.07, 6.45) is 2.84. The van der Waals surface area contributed by atoms with Crippen molar-refractivity contribution >= 4 is 0 Å². The van der Waals surface area contributed by atoms with Gasteiger partial charge in [0, 0.05) is 38.9 Å². The SMILES string of the molecule is COc1ccc(CNCNC[C@@H](CO)[C@@]2(Cc3ccccc3)CCOC(C)(C)C2)cc1OC. The molecule has 2 aromatic carbocycles. The molecule has 33 heavy (non-hydrogen) atoms. The molecule has 6 nitrogen and oxygen atoms in total. The number of aliphatic hydroxyl groups excluding tert-OH is 1. The Bertz CT molecular complexity index is 858. The highest BCUT2D eigenvalue weighted by atomic mass is 16.5. The van der Waals surface area contributed by atoms with Crippen molar-refractivity contribution in [3.05, 3.63) is 59.7 Å². The van der Waals surface area contributed by atoms with Gasteiger partial charge in [-0.05, 0) is 61.8 Å². The van der Waals surface area contributed by atoms with Crippen molar-refractivity contribution in [1.29, 1.82) is 0 Å². The molecule has 2 aromatic rings. The highest BCUT2D eigenvalue weighted by Crippen LogP contribution is 2.46. The Balaban J connectivity index is 1.59. The largest absolute Gasteiger partial charge is 0.493 e. The number of hydrogen-bond acceptors (Lipinski definition) is 6. The average molecular weight is 457 g/mol. The Kier molecular flexibility index (Phi) is 9.15. The number of aliphatic hydroxyl groups is 1. The molecule has 0 spiro atoms. The molecule has 3 N–H and O–H groups in total. The van der Waals surface area contributed by atoms with Gasteiger partial charge < -0.3 is 30.0 Å². The second-order valence-corrected chi connectivity index (χ2v) is 9.69. The minimum absolute atomic E-state index is 0.00575. The summed E-state index contributed by atoms with van der Waals surface area (Å²) >= 11 is 0. The highest BCUT2D eigenvalue weighted by Gasteiger charge is 2.45. The first-order valence-electron chi connectivity index (χ1n) is 11.8. The lowest BCUT2D eigenvalue weighted by molar-refractivity contribution is -0.127. The number of ether oxygens (including phenoxy) is 3. The van der Waals surface area contributed by atoms with E-state index >= 15 is 0 Å². The van der Waals surface area contributed by atoms with Crippen LogP contribution in [-0.4, -0.2) is 51.4 Å². The van der Waals surface area contributed by atoms with E-state index in [2.05, 4.69) is 54.8 Å². The van der Waals surface area contributed by atoms with E-state index in [4.69, 9.17) is 14.2 Å². The van der Waals surface area contributed by atoms with E-state index in [9.17, 15) is 5.11 Å². The molecule has 3 rings (SSSR count). The molecule has 6 heteroatoms. The summed E-state index contributed by atoms with van der Waals surface area (Å²) in [6.45, 7) is 7.34. The standard InChI is InChI=1S/C27H40N2O4/c1-26(2)19-27(12-13-33-26,15-21-8-6-5-7-9-21)23(18-30)17-29-20-28-16-22-10-11-24(31-3)25(14-22)32-4/h5-11,14,23,28-30H,12-13,15-20H2,1-4H3/t23-,27+/m0/s1. The fourth-order valence-corrected chi connectivity index (χ4v) is 5.17. The van der Waals surface area contributed by atoms with Gasteiger partial charge in [0.05, 0.1) is 19.8 Å². The van der Waals surface area contributed by atoms with Gasteiger partial charge in [-0.2, -0.15) is 0 Å². The summed E-state index contributed by atoms with van der Waals surface area (Å²) < 4.78 is 16.7. The third-order valence-corrected chi connectivity index (χ3v) is 6.77. The molecule has 1 aliphatic heterocycles. The lowest BCUT2D eigenvalue weighted by Gasteiger charge is -2.49. The summed E-state index contributed by atoms with van der Waals surface area (Å²) in [6, 6.07) is 16.6. The molecular weight excluding hydrogens is 416 g/mol. The van der Waals surface area contributed by atoms with Gasteiger partial charge in [-0.25, -0.2) is 0 Å². The van der Waals surface area contributed by atoms with E-state index in [1.54, 1.807) is 14.2 Å². The Morgan fingerprint density at radius 1 is 1.00 bits per heavy atom. The van der Waals surface area contributed by atoms with Crippen LogP contribution in [0.15, 0.2) is 48.5 Å². The molecule has 2 atom stereocenters. The van der Waals surface area contributed by atoms with Gasteiger partial charge in [-0.3, -0.25) is 0 Å². The number of benzene rings is 2. The summed E-state index contributed by atoms with van der Waals surface area (Å²) in [5, 5.41) is 17.4. The van der Waals surface area contributed by atoms with Crippen molar-refractivity contribution in [1.82, 2.24) is 10.6 Å². The first-order valence-corrected chi connectivity index (χ1v) is 11.8. The second kappa shape index (κ2) is 11.8. The zero-order chi connectivity index (χ0) is 23.7.